The molecule has 0 heterocycles. The summed E-state index contributed by atoms with van der Waals surface area (Å²) in [5.41, 5.74) is 13.6. The average Bonchev–Trinajstić information content (AvgIpc) is 2.94. The molecular weight excluding hydrogens is 264 g/mol. The summed E-state index contributed by atoms with van der Waals surface area (Å²) in [5, 5.41) is 0. The molecule has 0 radical (unpaired) electrons. The van der Waals surface area contributed by atoms with Gasteiger partial charge in [0.05, 0.1) is 0 Å². The van der Waals surface area contributed by atoms with Crippen LogP contribution in [0.15, 0.2) is 54.6 Å². The van der Waals surface area contributed by atoms with Crippen LogP contribution >= 0.6 is 0 Å². The third-order valence-corrected chi connectivity index (χ3v) is 5.36. The van der Waals surface area contributed by atoms with Gasteiger partial charge in [-0.15, -0.1) is 0 Å². The molecule has 5 rings (SSSR count). The van der Waals surface area contributed by atoms with Crippen LogP contribution in [0.3, 0.4) is 0 Å². The molecule has 0 saturated carbocycles. The highest BCUT2D eigenvalue weighted by Crippen LogP contribution is 2.44. The van der Waals surface area contributed by atoms with Crippen LogP contribution in [0, 0.1) is 6.92 Å². The molecule has 0 heteroatoms. The van der Waals surface area contributed by atoms with Crippen LogP contribution in [0.1, 0.15) is 38.9 Å². The van der Waals surface area contributed by atoms with Crippen molar-refractivity contribution in [3.8, 4) is 11.1 Å². The highest BCUT2D eigenvalue weighted by molar-refractivity contribution is 5.81. The molecule has 3 aromatic carbocycles. The van der Waals surface area contributed by atoms with Crippen LogP contribution < -0.4 is 0 Å². The number of hydrogen-bond donors (Lipinski definition) is 0. The number of fused-ring (bicyclic) bond motifs is 6. The summed E-state index contributed by atoms with van der Waals surface area (Å²) in [6, 6.07) is 20.3. The van der Waals surface area contributed by atoms with Gasteiger partial charge in [0.25, 0.3) is 0 Å². The molecule has 106 valence electrons. The van der Waals surface area contributed by atoms with E-state index in [0.717, 1.165) is 19.3 Å². The average molecular weight is 282 g/mol. The summed E-state index contributed by atoms with van der Waals surface area (Å²) in [4.78, 5) is 0. The quantitative estimate of drug-likeness (QED) is 0.372. The first kappa shape index (κ1) is 12.2. The Balaban J connectivity index is 1.75. The van der Waals surface area contributed by atoms with E-state index in [0.29, 0.717) is 0 Å². The third kappa shape index (κ3) is 1.58. The lowest BCUT2D eigenvalue weighted by molar-refractivity contribution is 0.974. The van der Waals surface area contributed by atoms with Gasteiger partial charge in [-0.05, 0) is 76.3 Å². The Hall–Kier alpha value is -2.34. The van der Waals surface area contributed by atoms with Crippen molar-refractivity contribution in [2.45, 2.75) is 26.2 Å². The molecule has 2 aliphatic rings. The number of rotatable bonds is 0. The third-order valence-electron chi connectivity index (χ3n) is 5.36. The minimum atomic E-state index is 1.09. The van der Waals surface area contributed by atoms with E-state index in [9.17, 15) is 0 Å². The first-order valence-corrected chi connectivity index (χ1v) is 8.10. The van der Waals surface area contributed by atoms with E-state index in [4.69, 9.17) is 0 Å². The monoisotopic (exact) mass is 282 g/mol. The summed E-state index contributed by atoms with van der Waals surface area (Å²) in [6.07, 6.45) is 3.30. The summed E-state index contributed by atoms with van der Waals surface area (Å²) in [6.45, 7) is 2.28. The van der Waals surface area contributed by atoms with E-state index in [1.807, 2.05) is 0 Å². The second-order valence-electron chi connectivity index (χ2n) is 6.64. The summed E-state index contributed by atoms with van der Waals surface area (Å²) in [7, 11) is 0. The minimum absolute atomic E-state index is 1.09. The fraction of sp³-hybridized carbons (Fsp3) is 0.182. The predicted molar refractivity (Wildman–Crippen MR) is 91.5 cm³/mol. The smallest absolute Gasteiger partial charge is 0.00104 e. The number of hydrogen-bond acceptors (Lipinski definition) is 0. The van der Waals surface area contributed by atoms with E-state index in [1.165, 1.54) is 33.4 Å². The molecule has 2 aliphatic carbocycles. The van der Waals surface area contributed by atoms with Crippen molar-refractivity contribution in [3.05, 3.63) is 93.5 Å². The van der Waals surface area contributed by atoms with Crippen LogP contribution in [0.5, 0.6) is 0 Å². The zero-order valence-corrected chi connectivity index (χ0v) is 12.8. The topological polar surface area (TPSA) is 0 Å². The maximum Gasteiger partial charge on any atom is -0.00104 e. The van der Waals surface area contributed by atoms with E-state index in [2.05, 4.69) is 61.5 Å². The normalized spacial score (nSPS) is 14.0. The van der Waals surface area contributed by atoms with E-state index in [-0.39, 0.29) is 0 Å². The van der Waals surface area contributed by atoms with Crippen molar-refractivity contribution < 1.29 is 0 Å². The molecule has 0 nitrogen and oxygen atoms in total. The fourth-order valence-electron chi connectivity index (χ4n) is 4.36. The molecule has 0 unspecified atom stereocenters. The molecule has 0 amide bonds. The first-order valence-electron chi connectivity index (χ1n) is 8.10. The fourth-order valence-corrected chi connectivity index (χ4v) is 4.36. The lowest BCUT2D eigenvalue weighted by Crippen LogP contribution is -2.10. The molecule has 0 fully saturated rings. The van der Waals surface area contributed by atoms with Crippen molar-refractivity contribution in [1.29, 1.82) is 0 Å². The zero-order chi connectivity index (χ0) is 14.7. The maximum absolute atomic E-state index is 2.44. The highest BCUT2D eigenvalue weighted by Gasteiger charge is 2.27. The van der Waals surface area contributed by atoms with Gasteiger partial charge in [0.2, 0.25) is 0 Å². The molecule has 0 bridgehead atoms. The second kappa shape index (κ2) is 4.33. The predicted octanol–water partition coefficient (Wildman–Crippen LogP) is 5.06. The Bertz CT molecular complexity index is 915. The van der Waals surface area contributed by atoms with Crippen LogP contribution in [0.25, 0.3) is 11.1 Å². The van der Waals surface area contributed by atoms with Gasteiger partial charge in [-0.2, -0.15) is 0 Å². The van der Waals surface area contributed by atoms with Gasteiger partial charge in [-0.3, -0.25) is 0 Å². The highest BCUT2D eigenvalue weighted by atomic mass is 14.3. The van der Waals surface area contributed by atoms with Gasteiger partial charge >= 0.3 is 0 Å². The van der Waals surface area contributed by atoms with E-state index >= 15 is 0 Å². The Morgan fingerprint density at radius 2 is 1.27 bits per heavy atom. The number of benzene rings is 3. The van der Waals surface area contributed by atoms with Crippen LogP contribution in [-0.2, 0) is 19.3 Å². The van der Waals surface area contributed by atoms with Gasteiger partial charge < -0.3 is 0 Å². The van der Waals surface area contributed by atoms with Gasteiger partial charge in [0.15, 0.2) is 0 Å². The number of aryl methyl sites for hydroxylation is 1. The van der Waals surface area contributed by atoms with Crippen molar-refractivity contribution in [1.82, 2.24) is 0 Å². The standard InChI is InChI=1S/C22H18/c1-14-10-18-11-15-6-2-3-7-16(15)12-20(18)21-13-17-8-4-5-9-19(17)22(14)21/h2-10H,11-13H2,1H3. The van der Waals surface area contributed by atoms with Gasteiger partial charge in [-0.1, -0.05) is 54.6 Å². The Morgan fingerprint density at radius 3 is 2.09 bits per heavy atom. The zero-order valence-electron chi connectivity index (χ0n) is 12.8. The largest absolute Gasteiger partial charge is 0.0620 e. The molecule has 0 aliphatic heterocycles. The Kier molecular flexibility index (Phi) is 2.41. The summed E-state index contributed by atoms with van der Waals surface area (Å²) in [5.74, 6) is 0. The van der Waals surface area contributed by atoms with Crippen molar-refractivity contribution in [3.63, 3.8) is 0 Å². The van der Waals surface area contributed by atoms with Crippen LogP contribution in [-0.4, -0.2) is 0 Å². The van der Waals surface area contributed by atoms with Gasteiger partial charge in [0.1, 0.15) is 0 Å². The Morgan fingerprint density at radius 1 is 0.636 bits per heavy atom. The Labute approximate surface area is 131 Å². The lowest BCUT2D eigenvalue weighted by Gasteiger charge is -2.23. The molecule has 0 saturated heterocycles. The molecular formula is C22H18. The first-order chi connectivity index (χ1) is 10.8. The van der Waals surface area contributed by atoms with Gasteiger partial charge in [-0.25, -0.2) is 0 Å². The maximum atomic E-state index is 2.44. The van der Waals surface area contributed by atoms with E-state index in [1.54, 1.807) is 16.7 Å². The molecule has 0 atom stereocenters. The molecule has 0 spiro atoms. The summed E-state index contributed by atoms with van der Waals surface area (Å²) < 4.78 is 0. The van der Waals surface area contributed by atoms with Crippen molar-refractivity contribution in [2.24, 2.45) is 0 Å². The van der Waals surface area contributed by atoms with E-state index < -0.39 is 0 Å². The SMILES string of the molecule is Cc1cc2c(c3c1-c1ccccc1C3)Cc1ccccc1C2. The molecule has 0 N–H and O–H groups in total. The van der Waals surface area contributed by atoms with Crippen molar-refractivity contribution in [2.75, 3.05) is 0 Å². The van der Waals surface area contributed by atoms with Gasteiger partial charge in [0, 0.05) is 0 Å². The van der Waals surface area contributed by atoms with Crippen LogP contribution in [0.2, 0.25) is 0 Å². The second-order valence-corrected chi connectivity index (χ2v) is 6.64. The molecule has 0 aromatic heterocycles. The minimum Gasteiger partial charge on any atom is -0.0620 e. The van der Waals surface area contributed by atoms with Crippen molar-refractivity contribution >= 4 is 0 Å². The summed E-state index contributed by atoms with van der Waals surface area (Å²) >= 11 is 0. The molecule has 3 aromatic rings. The lowest BCUT2D eigenvalue weighted by atomic mass is 9.81. The van der Waals surface area contributed by atoms with Crippen LogP contribution in [0.4, 0.5) is 0 Å². The molecule has 22 heavy (non-hydrogen) atoms.